The molecule has 1 aliphatic rings. The third-order valence-electron chi connectivity index (χ3n) is 2.60. The molecule has 0 aromatic rings. The van der Waals surface area contributed by atoms with E-state index in [0.717, 1.165) is 38.9 Å². The van der Waals surface area contributed by atoms with Gasteiger partial charge >= 0.3 is 0 Å². The first-order valence-corrected chi connectivity index (χ1v) is 7.49. The van der Waals surface area contributed by atoms with Crippen LogP contribution in [0.5, 0.6) is 0 Å². The van der Waals surface area contributed by atoms with Gasteiger partial charge in [0.2, 0.25) is 10.0 Å². The van der Waals surface area contributed by atoms with Crippen molar-refractivity contribution in [3.8, 4) is 0 Å². The molecule has 96 valence electrons. The van der Waals surface area contributed by atoms with E-state index in [-0.39, 0.29) is 5.75 Å². The highest BCUT2D eigenvalue weighted by molar-refractivity contribution is 7.89. The van der Waals surface area contributed by atoms with Crippen molar-refractivity contribution >= 4 is 10.0 Å². The zero-order chi connectivity index (χ0) is 11.9. The van der Waals surface area contributed by atoms with Crippen LogP contribution in [0.15, 0.2) is 0 Å². The molecule has 2 N–H and O–H groups in total. The fraction of sp³-hybridized carbons (Fsp3) is 1.00. The monoisotopic (exact) mass is 251 g/mol. The molecule has 1 rings (SSSR count). The number of hydrogen-bond acceptors (Lipinski definition) is 4. The minimum Gasteiger partial charge on any atom is -0.381 e. The van der Waals surface area contributed by atoms with Crippen LogP contribution in [-0.4, -0.2) is 40.1 Å². The largest absolute Gasteiger partial charge is 0.381 e. The molecule has 0 aliphatic carbocycles. The molecule has 0 atom stereocenters. The standard InChI is InChI=1S/C10H21NO4S/c11-16(12,13)9-3-1-2-6-15-10-4-7-14-8-5-10/h10H,1-9H2,(H2,11,12,13). The molecule has 1 aliphatic heterocycles. The SMILES string of the molecule is NS(=O)(=O)CCCCCOC1CCOCC1. The fourth-order valence-electron chi connectivity index (χ4n) is 1.67. The second kappa shape index (κ2) is 7.21. The first-order valence-electron chi connectivity index (χ1n) is 5.78. The van der Waals surface area contributed by atoms with Gasteiger partial charge in [0.15, 0.2) is 0 Å². The Morgan fingerprint density at radius 3 is 2.50 bits per heavy atom. The van der Waals surface area contributed by atoms with E-state index in [1.807, 2.05) is 0 Å². The molecule has 0 amide bonds. The van der Waals surface area contributed by atoms with Gasteiger partial charge in [-0.05, 0) is 25.7 Å². The lowest BCUT2D eigenvalue weighted by atomic mass is 10.1. The summed E-state index contributed by atoms with van der Waals surface area (Å²) in [6.45, 7) is 2.28. The van der Waals surface area contributed by atoms with Gasteiger partial charge in [-0.1, -0.05) is 6.42 Å². The van der Waals surface area contributed by atoms with Crippen LogP contribution in [0.1, 0.15) is 32.1 Å². The molecular formula is C10H21NO4S. The Morgan fingerprint density at radius 1 is 1.19 bits per heavy atom. The maximum atomic E-state index is 10.6. The molecular weight excluding hydrogens is 230 g/mol. The Hall–Kier alpha value is -0.170. The summed E-state index contributed by atoms with van der Waals surface area (Å²) >= 11 is 0. The summed E-state index contributed by atoms with van der Waals surface area (Å²) in [4.78, 5) is 0. The van der Waals surface area contributed by atoms with Crippen molar-refractivity contribution in [1.29, 1.82) is 0 Å². The van der Waals surface area contributed by atoms with E-state index < -0.39 is 10.0 Å². The van der Waals surface area contributed by atoms with Gasteiger partial charge in [-0.15, -0.1) is 0 Å². The second-order valence-corrected chi connectivity index (χ2v) is 5.84. The van der Waals surface area contributed by atoms with Crippen LogP contribution in [-0.2, 0) is 19.5 Å². The third-order valence-corrected chi connectivity index (χ3v) is 3.45. The number of ether oxygens (including phenoxy) is 2. The average molecular weight is 251 g/mol. The number of primary sulfonamides is 1. The number of sulfonamides is 1. The predicted octanol–water partition coefficient (Wildman–Crippen LogP) is 0.641. The molecule has 16 heavy (non-hydrogen) atoms. The molecule has 0 spiro atoms. The second-order valence-electron chi connectivity index (χ2n) is 4.11. The van der Waals surface area contributed by atoms with Crippen LogP contribution < -0.4 is 5.14 Å². The van der Waals surface area contributed by atoms with E-state index in [1.165, 1.54) is 0 Å². The van der Waals surface area contributed by atoms with Crippen LogP contribution in [0.3, 0.4) is 0 Å². The van der Waals surface area contributed by atoms with Gasteiger partial charge < -0.3 is 9.47 Å². The van der Waals surface area contributed by atoms with Crippen LogP contribution in [0.2, 0.25) is 0 Å². The maximum absolute atomic E-state index is 10.6. The van der Waals surface area contributed by atoms with E-state index in [1.54, 1.807) is 0 Å². The highest BCUT2D eigenvalue weighted by atomic mass is 32.2. The topological polar surface area (TPSA) is 78.6 Å². The van der Waals surface area contributed by atoms with Gasteiger partial charge in [-0.3, -0.25) is 0 Å². The molecule has 0 unspecified atom stereocenters. The van der Waals surface area contributed by atoms with Crippen molar-refractivity contribution in [2.24, 2.45) is 5.14 Å². The van der Waals surface area contributed by atoms with E-state index in [9.17, 15) is 8.42 Å². The minimum atomic E-state index is -3.29. The van der Waals surface area contributed by atoms with Crippen LogP contribution in [0, 0.1) is 0 Å². The Bertz CT molecular complexity index is 273. The fourth-order valence-corrected chi connectivity index (χ4v) is 2.28. The molecule has 0 bridgehead atoms. The summed E-state index contributed by atoms with van der Waals surface area (Å²) in [6.07, 6.45) is 4.63. The van der Waals surface area contributed by atoms with Gasteiger partial charge in [0.25, 0.3) is 0 Å². The number of unbranched alkanes of at least 4 members (excludes halogenated alkanes) is 2. The zero-order valence-corrected chi connectivity index (χ0v) is 10.4. The van der Waals surface area contributed by atoms with Crippen molar-refractivity contribution in [2.75, 3.05) is 25.6 Å². The Morgan fingerprint density at radius 2 is 1.88 bits per heavy atom. The number of hydrogen-bond donors (Lipinski definition) is 1. The molecule has 0 saturated carbocycles. The van der Waals surface area contributed by atoms with Gasteiger partial charge in [-0.2, -0.15) is 0 Å². The summed E-state index contributed by atoms with van der Waals surface area (Å²) < 4.78 is 32.2. The molecule has 0 aromatic carbocycles. The highest BCUT2D eigenvalue weighted by Crippen LogP contribution is 2.11. The first-order chi connectivity index (χ1) is 7.58. The summed E-state index contributed by atoms with van der Waals surface area (Å²) in [5.74, 6) is 0.0737. The molecule has 0 aromatic heterocycles. The zero-order valence-electron chi connectivity index (χ0n) is 9.56. The molecule has 0 radical (unpaired) electrons. The average Bonchev–Trinajstić information content (AvgIpc) is 2.23. The van der Waals surface area contributed by atoms with Crippen molar-refractivity contribution < 1.29 is 17.9 Å². The lowest BCUT2D eigenvalue weighted by molar-refractivity contribution is -0.0326. The number of rotatable bonds is 7. The highest BCUT2D eigenvalue weighted by Gasteiger charge is 2.13. The summed E-state index contributed by atoms with van der Waals surface area (Å²) in [5, 5.41) is 4.89. The lowest BCUT2D eigenvalue weighted by Crippen LogP contribution is -2.23. The van der Waals surface area contributed by atoms with E-state index in [0.29, 0.717) is 19.1 Å². The van der Waals surface area contributed by atoms with Crippen molar-refractivity contribution in [3.05, 3.63) is 0 Å². The summed E-state index contributed by atoms with van der Waals surface area (Å²) in [7, 11) is -3.29. The molecule has 1 heterocycles. The van der Waals surface area contributed by atoms with E-state index >= 15 is 0 Å². The predicted molar refractivity (Wildman–Crippen MR) is 61.6 cm³/mol. The van der Waals surface area contributed by atoms with Crippen LogP contribution >= 0.6 is 0 Å². The smallest absolute Gasteiger partial charge is 0.209 e. The van der Waals surface area contributed by atoms with E-state index in [4.69, 9.17) is 14.6 Å². The van der Waals surface area contributed by atoms with Crippen LogP contribution in [0.25, 0.3) is 0 Å². The van der Waals surface area contributed by atoms with Gasteiger partial charge in [0.1, 0.15) is 0 Å². The van der Waals surface area contributed by atoms with Crippen LogP contribution in [0.4, 0.5) is 0 Å². The van der Waals surface area contributed by atoms with Crippen molar-refractivity contribution in [2.45, 2.75) is 38.2 Å². The third kappa shape index (κ3) is 7.16. The lowest BCUT2D eigenvalue weighted by Gasteiger charge is -2.22. The van der Waals surface area contributed by atoms with E-state index in [2.05, 4.69) is 0 Å². The maximum Gasteiger partial charge on any atom is 0.209 e. The summed E-state index contributed by atoms with van der Waals surface area (Å²) in [5.41, 5.74) is 0. The van der Waals surface area contributed by atoms with Gasteiger partial charge in [0, 0.05) is 19.8 Å². The Balaban J connectivity index is 1.91. The quantitative estimate of drug-likeness (QED) is 0.673. The number of nitrogens with two attached hydrogens (primary N) is 1. The van der Waals surface area contributed by atoms with Gasteiger partial charge in [-0.25, -0.2) is 13.6 Å². The normalized spacial score (nSPS) is 18.8. The molecule has 1 fully saturated rings. The Kier molecular flexibility index (Phi) is 6.26. The molecule has 1 saturated heterocycles. The molecule has 6 heteroatoms. The van der Waals surface area contributed by atoms with Gasteiger partial charge in [0.05, 0.1) is 11.9 Å². The first kappa shape index (κ1) is 13.9. The summed E-state index contributed by atoms with van der Waals surface area (Å²) in [6, 6.07) is 0. The Labute approximate surface area is 97.3 Å². The van der Waals surface area contributed by atoms with Crippen molar-refractivity contribution in [3.63, 3.8) is 0 Å². The molecule has 5 nitrogen and oxygen atoms in total. The van der Waals surface area contributed by atoms with Crippen molar-refractivity contribution in [1.82, 2.24) is 0 Å². The minimum absolute atomic E-state index is 0.0737.